The minimum atomic E-state index is -0.577. The number of carbonyl (C=O) groups excluding carboxylic acids is 2. The zero-order valence-electron chi connectivity index (χ0n) is 23.0. The van der Waals surface area contributed by atoms with E-state index in [0.29, 0.717) is 18.7 Å². The molecule has 1 saturated carbocycles. The van der Waals surface area contributed by atoms with E-state index in [4.69, 9.17) is 0 Å². The van der Waals surface area contributed by atoms with Gasteiger partial charge in [0, 0.05) is 29.2 Å². The summed E-state index contributed by atoms with van der Waals surface area (Å²) in [6.07, 6.45) is 6.03. The molecule has 4 rings (SSSR count). The SMILES string of the molecule is Cc1cc(C)cc(CSCC(=O)N(Cc2ccc(Br)cc2)[C@H](Cc2ccccc2)C(=O)NC2CCCCC2)c1. The summed E-state index contributed by atoms with van der Waals surface area (Å²) in [7, 11) is 0. The van der Waals surface area contributed by atoms with Crippen molar-refractivity contribution in [2.75, 3.05) is 5.75 Å². The Bertz CT molecular complexity index is 1210. The predicted octanol–water partition coefficient (Wildman–Crippen LogP) is 7.39. The summed E-state index contributed by atoms with van der Waals surface area (Å²) in [6, 6.07) is 24.2. The maximum Gasteiger partial charge on any atom is 0.243 e. The second-order valence-electron chi connectivity index (χ2n) is 10.7. The summed E-state index contributed by atoms with van der Waals surface area (Å²) in [4.78, 5) is 29.5. The Morgan fingerprint density at radius 2 is 1.56 bits per heavy atom. The van der Waals surface area contributed by atoms with Crippen LogP contribution in [0, 0.1) is 13.8 Å². The molecule has 206 valence electrons. The fourth-order valence-electron chi connectivity index (χ4n) is 5.38. The zero-order valence-corrected chi connectivity index (χ0v) is 25.4. The van der Waals surface area contributed by atoms with Crippen molar-refractivity contribution in [3.63, 3.8) is 0 Å². The van der Waals surface area contributed by atoms with E-state index >= 15 is 0 Å². The second-order valence-corrected chi connectivity index (χ2v) is 12.6. The van der Waals surface area contributed by atoms with Crippen LogP contribution < -0.4 is 5.32 Å². The number of benzene rings is 3. The van der Waals surface area contributed by atoms with E-state index in [1.807, 2.05) is 59.5 Å². The average molecular weight is 608 g/mol. The molecule has 4 nitrogen and oxygen atoms in total. The van der Waals surface area contributed by atoms with Crippen molar-refractivity contribution in [2.24, 2.45) is 0 Å². The third-order valence-electron chi connectivity index (χ3n) is 7.26. The largest absolute Gasteiger partial charge is 0.352 e. The smallest absolute Gasteiger partial charge is 0.243 e. The number of nitrogens with one attached hydrogen (secondary N) is 1. The molecular formula is C33H39BrN2O2S. The van der Waals surface area contributed by atoms with E-state index < -0.39 is 6.04 Å². The Morgan fingerprint density at radius 3 is 2.23 bits per heavy atom. The van der Waals surface area contributed by atoms with Gasteiger partial charge in [0.25, 0.3) is 0 Å². The van der Waals surface area contributed by atoms with Crippen molar-refractivity contribution >= 4 is 39.5 Å². The van der Waals surface area contributed by atoms with Crippen LogP contribution in [0.2, 0.25) is 0 Å². The summed E-state index contributed by atoms with van der Waals surface area (Å²) in [5, 5.41) is 3.32. The van der Waals surface area contributed by atoms with E-state index in [1.165, 1.54) is 23.1 Å². The molecule has 1 fully saturated rings. The molecule has 0 radical (unpaired) electrons. The Balaban J connectivity index is 1.56. The lowest BCUT2D eigenvalue weighted by atomic mass is 9.94. The number of aryl methyl sites for hydroxylation is 2. The van der Waals surface area contributed by atoms with Crippen LogP contribution in [-0.4, -0.2) is 34.6 Å². The van der Waals surface area contributed by atoms with Crippen LogP contribution >= 0.6 is 27.7 Å². The van der Waals surface area contributed by atoms with Crippen molar-refractivity contribution in [1.29, 1.82) is 0 Å². The monoisotopic (exact) mass is 606 g/mol. The molecule has 0 aromatic heterocycles. The third-order valence-corrected chi connectivity index (χ3v) is 8.78. The average Bonchev–Trinajstić information content (AvgIpc) is 2.92. The van der Waals surface area contributed by atoms with Gasteiger partial charge >= 0.3 is 0 Å². The molecule has 0 unspecified atom stereocenters. The maximum atomic E-state index is 13.9. The zero-order chi connectivity index (χ0) is 27.6. The van der Waals surface area contributed by atoms with Crippen molar-refractivity contribution in [3.8, 4) is 0 Å². The molecule has 3 aromatic rings. The molecule has 0 bridgehead atoms. The van der Waals surface area contributed by atoms with Gasteiger partial charge in [0.1, 0.15) is 6.04 Å². The predicted molar refractivity (Wildman–Crippen MR) is 166 cm³/mol. The summed E-state index contributed by atoms with van der Waals surface area (Å²) in [5.41, 5.74) is 5.75. The first kappa shape index (κ1) is 29.4. The number of carbonyl (C=O) groups is 2. The first-order valence-corrected chi connectivity index (χ1v) is 15.9. The highest BCUT2D eigenvalue weighted by Crippen LogP contribution is 2.22. The van der Waals surface area contributed by atoms with Gasteiger partial charge in [-0.2, -0.15) is 0 Å². The van der Waals surface area contributed by atoms with Gasteiger partial charge in [0.2, 0.25) is 11.8 Å². The van der Waals surface area contributed by atoms with Gasteiger partial charge in [-0.1, -0.05) is 107 Å². The highest BCUT2D eigenvalue weighted by molar-refractivity contribution is 9.10. The molecule has 3 aromatic carbocycles. The van der Waals surface area contributed by atoms with Gasteiger partial charge in [-0.3, -0.25) is 9.59 Å². The number of halogens is 1. The van der Waals surface area contributed by atoms with Crippen LogP contribution in [0.25, 0.3) is 0 Å². The van der Waals surface area contributed by atoms with E-state index in [9.17, 15) is 9.59 Å². The fourth-order valence-corrected chi connectivity index (χ4v) is 6.49. The number of hydrogen-bond donors (Lipinski definition) is 1. The molecule has 1 N–H and O–H groups in total. The van der Waals surface area contributed by atoms with Gasteiger partial charge in [-0.05, 0) is 55.5 Å². The molecule has 1 aliphatic carbocycles. The molecule has 1 aliphatic rings. The van der Waals surface area contributed by atoms with Crippen LogP contribution in [0.4, 0.5) is 0 Å². The van der Waals surface area contributed by atoms with Crippen LogP contribution in [0.3, 0.4) is 0 Å². The Hall–Kier alpha value is -2.57. The minimum Gasteiger partial charge on any atom is -0.352 e. The summed E-state index contributed by atoms with van der Waals surface area (Å²) >= 11 is 5.12. The standard InChI is InChI=1S/C33H39BrN2O2S/c1-24-17-25(2)19-28(18-24)22-39-23-32(37)36(21-27-13-15-29(34)16-14-27)31(20-26-9-5-3-6-10-26)33(38)35-30-11-7-4-8-12-30/h3,5-6,9-10,13-19,30-31H,4,7-8,11-12,20-23H2,1-2H3,(H,35,38)/t31-/m1/s1. The molecular weight excluding hydrogens is 568 g/mol. The topological polar surface area (TPSA) is 49.4 Å². The first-order chi connectivity index (χ1) is 18.9. The summed E-state index contributed by atoms with van der Waals surface area (Å²) in [6.45, 7) is 4.60. The maximum absolute atomic E-state index is 13.9. The quantitative estimate of drug-likeness (QED) is 0.247. The molecule has 0 heterocycles. The second kappa shape index (κ2) is 14.7. The highest BCUT2D eigenvalue weighted by atomic mass is 79.9. The summed E-state index contributed by atoms with van der Waals surface area (Å²) < 4.78 is 0.990. The van der Waals surface area contributed by atoms with Gasteiger partial charge in [-0.15, -0.1) is 11.8 Å². The lowest BCUT2D eigenvalue weighted by Gasteiger charge is -2.33. The van der Waals surface area contributed by atoms with E-state index in [2.05, 4.69) is 53.3 Å². The Morgan fingerprint density at radius 1 is 0.897 bits per heavy atom. The van der Waals surface area contributed by atoms with Crippen LogP contribution in [-0.2, 0) is 28.3 Å². The lowest BCUT2D eigenvalue weighted by molar-refractivity contribution is -0.139. The number of nitrogens with zero attached hydrogens (tertiary/aromatic N) is 1. The molecule has 0 spiro atoms. The number of hydrogen-bond acceptors (Lipinski definition) is 3. The van der Waals surface area contributed by atoms with Crippen molar-refractivity contribution < 1.29 is 9.59 Å². The highest BCUT2D eigenvalue weighted by Gasteiger charge is 2.31. The summed E-state index contributed by atoms with van der Waals surface area (Å²) in [5.74, 6) is 1.03. The number of amides is 2. The Labute approximate surface area is 246 Å². The normalized spacial score (nSPS) is 14.5. The van der Waals surface area contributed by atoms with Crippen molar-refractivity contribution in [1.82, 2.24) is 10.2 Å². The molecule has 0 saturated heterocycles. The molecule has 1 atom stereocenters. The van der Waals surface area contributed by atoms with Crippen molar-refractivity contribution in [3.05, 3.63) is 105 Å². The number of rotatable bonds is 11. The van der Waals surface area contributed by atoms with E-state index in [1.54, 1.807) is 11.8 Å². The minimum absolute atomic E-state index is 0.00739. The van der Waals surface area contributed by atoms with Gasteiger partial charge in [0.05, 0.1) is 5.75 Å². The van der Waals surface area contributed by atoms with E-state index in [0.717, 1.165) is 47.0 Å². The van der Waals surface area contributed by atoms with Crippen LogP contribution in [0.1, 0.15) is 59.9 Å². The van der Waals surface area contributed by atoms with Gasteiger partial charge in [-0.25, -0.2) is 0 Å². The molecule has 2 amide bonds. The molecule has 6 heteroatoms. The molecule has 0 aliphatic heterocycles. The van der Waals surface area contributed by atoms with Crippen LogP contribution in [0.15, 0.2) is 77.3 Å². The van der Waals surface area contributed by atoms with Gasteiger partial charge in [0.15, 0.2) is 0 Å². The number of thioether (sulfide) groups is 1. The molecule has 39 heavy (non-hydrogen) atoms. The van der Waals surface area contributed by atoms with E-state index in [-0.39, 0.29) is 17.9 Å². The fraction of sp³-hybridized carbons (Fsp3) is 0.394. The Kier molecular flexibility index (Phi) is 11.1. The lowest BCUT2D eigenvalue weighted by Crippen LogP contribution is -2.53. The third kappa shape index (κ3) is 9.25. The van der Waals surface area contributed by atoms with Crippen molar-refractivity contribution in [2.45, 2.75) is 76.8 Å². The first-order valence-electron chi connectivity index (χ1n) is 13.9. The van der Waals surface area contributed by atoms with Gasteiger partial charge < -0.3 is 10.2 Å². The van der Waals surface area contributed by atoms with Crippen LogP contribution in [0.5, 0.6) is 0 Å².